The van der Waals surface area contributed by atoms with Gasteiger partial charge in [-0.15, -0.1) is 0 Å². The summed E-state index contributed by atoms with van der Waals surface area (Å²) in [5, 5.41) is 11.8. The predicted octanol–water partition coefficient (Wildman–Crippen LogP) is 1.36. The molecule has 6 nitrogen and oxygen atoms in total. The van der Waals surface area contributed by atoms with Crippen molar-refractivity contribution in [2.24, 2.45) is 5.92 Å². The first-order chi connectivity index (χ1) is 10.6. The molecule has 118 valence electrons. The van der Waals surface area contributed by atoms with Crippen LogP contribution in [-0.4, -0.2) is 48.1 Å². The number of rotatable bonds is 4. The Kier molecular flexibility index (Phi) is 4.29. The highest BCUT2D eigenvalue weighted by molar-refractivity contribution is 5.95. The van der Waals surface area contributed by atoms with Gasteiger partial charge in [-0.1, -0.05) is 6.07 Å². The van der Waals surface area contributed by atoms with Crippen LogP contribution in [-0.2, 0) is 16.0 Å². The van der Waals surface area contributed by atoms with Gasteiger partial charge in [-0.2, -0.15) is 0 Å². The Balaban J connectivity index is 1.53. The normalized spacial score (nSPS) is 19.2. The Morgan fingerprint density at radius 3 is 2.86 bits per heavy atom. The van der Waals surface area contributed by atoms with Crippen LogP contribution in [0.3, 0.4) is 0 Å². The van der Waals surface area contributed by atoms with E-state index in [0.29, 0.717) is 5.75 Å². The van der Waals surface area contributed by atoms with Gasteiger partial charge in [-0.05, 0) is 50.0 Å². The number of anilines is 1. The third-order valence-electron chi connectivity index (χ3n) is 4.33. The molecule has 0 unspecified atom stereocenters. The van der Waals surface area contributed by atoms with E-state index in [1.54, 1.807) is 0 Å². The van der Waals surface area contributed by atoms with Gasteiger partial charge >= 0.3 is 5.97 Å². The lowest BCUT2D eigenvalue weighted by Gasteiger charge is -2.30. The van der Waals surface area contributed by atoms with E-state index in [0.717, 1.165) is 50.1 Å². The number of ether oxygens (including phenoxy) is 1. The summed E-state index contributed by atoms with van der Waals surface area (Å²) in [6, 6.07) is 5.86. The molecular weight excluding hydrogens is 284 g/mol. The fourth-order valence-electron chi connectivity index (χ4n) is 2.98. The van der Waals surface area contributed by atoms with Crippen molar-refractivity contribution in [3.63, 3.8) is 0 Å². The molecular formula is C16H20N2O4. The Hall–Kier alpha value is -2.08. The van der Waals surface area contributed by atoms with E-state index in [1.165, 1.54) is 0 Å². The number of aliphatic carboxylic acids is 1. The SMILES string of the molecule is O=C1COc2ccc(CCN3CCC(C(=O)O)CC3)cc2N1. The maximum Gasteiger partial charge on any atom is 0.306 e. The Morgan fingerprint density at radius 1 is 1.36 bits per heavy atom. The number of amides is 1. The second-order valence-electron chi connectivity index (χ2n) is 5.87. The van der Waals surface area contributed by atoms with Crippen molar-refractivity contribution in [1.82, 2.24) is 4.90 Å². The van der Waals surface area contributed by atoms with Gasteiger partial charge in [0.25, 0.3) is 5.91 Å². The molecule has 0 bridgehead atoms. The first kappa shape index (κ1) is 14.8. The van der Waals surface area contributed by atoms with Crippen LogP contribution >= 0.6 is 0 Å². The van der Waals surface area contributed by atoms with E-state index in [4.69, 9.17) is 9.84 Å². The fraction of sp³-hybridized carbons (Fsp3) is 0.500. The van der Waals surface area contributed by atoms with Crippen molar-refractivity contribution in [3.8, 4) is 5.75 Å². The molecule has 1 saturated heterocycles. The molecule has 0 radical (unpaired) electrons. The minimum absolute atomic E-state index is 0.0743. The van der Waals surface area contributed by atoms with Gasteiger partial charge in [-0.3, -0.25) is 9.59 Å². The number of hydrogen-bond acceptors (Lipinski definition) is 4. The zero-order chi connectivity index (χ0) is 15.5. The number of carbonyl (C=O) groups excluding carboxylic acids is 1. The maximum atomic E-state index is 11.3. The summed E-state index contributed by atoms with van der Waals surface area (Å²) in [5.74, 6) is -0.275. The molecule has 0 saturated carbocycles. The molecule has 2 aliphatic rings. The predicted molar refractivity (Wildman–Crippen MR) is 81.1 cm³/mol. The molecule has 0 aliphatic carbocycles. The molecule has 22 heavy (non-hydrogen) atoms. The number of piperidine rings is 1. The fourth-order valence-corrected chi connectivity index (χ4v) is 2.98. The lowest BCUT2D eigenvalue weighted by atomic mass is 9.97. The second kappa shape index (κ2) is 6.36. The smallest absolute Gasteiger partial charge is 0.306 e. The highest BCUT2D eigenvalue weighted by Gasteiger charge is 2.24. The second-order valence-corrected chi connectivity index (χ2v) is 5.87. The molecule has 0 atom stereocenters. The highest BCUT2D eigenvalue weighted by atomic mass is 16.5. The minimum Gasteiger partial charge on any atom is -0.482 e. The number of likely N-dealkylation sites (tertiary alicyclic amines) is 1. The number of carbonyl (C=O) groups is 2. The summed E-state index contributed by atoms with van der Waals surface area (Å²) in [7, 11) is 0. The molecule has 2 aliphatic heterocycles. The van der Waals surface area contributed by atoms with E-state index < -0.39 is 5.97 Å². The van der Waals surface area contributed by atoms with Crippen molar-refractivity contribution in [2.75, 3.05) is 31.6 Å². The molecule has 0 spiro atoms. The van der Waals surface area contributed by atoms with Crippen molar-refractivity contribution in [3.05, 3.63) is 23.8 Å². The number of nitrogens with zero attached hydrogens (tertiary/aromatic N) is 1. The van der Waals surface area contributed by atoms with Gasteiger partial charge in [0.15, 0.2) is 6.61 Å². The van der Waals surface area contributed by atoms with Gasteiger partial charge in [-0.25, -0.2) is 0 Å². The summed E-state index contributed by atoms with van der Waals surface area (Å²) >= 11 is 0. The van der Waals surface area contributed by atoms with Crippen molar-refractivity contribution < 1.29 is 19.4 Å². The summed E-state index contributed by atoms with van der Waals surface area (Å²) in [4.78, 5) is 24.6. The first-order valence-electron chi connectivity index (χ1n) is 7.62. The van der Waals surface area contributed by atoms with Gasteiger partial charge < -0.3 is 20.1 Å². The average Bonchev–Trinajstić information content (AvgIpc) is 2.53. The summed E-state index contributed by atoms with van der Waals surface area (Å²) < 4.78 is 5.34. The lowest BCUT2D eigenvalue weighted by Crippen LogP contribution is -2.37. The first-order valence-corrected chi connectivity index (χ1v) is 7.62. The van der Waals surface area contributed by atoms with Crippen molar-refractivity contribution >= 4 is 17.6 Å². The van der Waals surface area contributed by atoms with Gasteiger partial charge in [0.1, 0.15) is 5.75 Å². The number of nitrogens with one attached hydrogen (secondary N) is 1. The topological polar surface area (TPSA) is 78.9 Å². The van der Waals surface area contributed by atoms with Crippen LogP contribution in [0.2, 0.25) is 0 Å². The van der Waals surface area contributed by atoms with Gasteiger partial charge in [0.05, 0.1) is 11.6 Å². The highest BCUT2D eigenvalue weighted by Crippen LogP contribution is 2.28. The molecule has 1 aromatic rings. The van der Waals surface area contributed by atoms with Crippen LogP contribution in [0.25, 0.3) is 0 Å². The number of fused-ring (bicyclic) bond motifs is 1. The molecule has 1 amide bonds. The molecule has 1 aromatic carbocycles. The van der Waals surface area contributed by atoms with Crippen LogP contribution < -0.4 is 10.1 Å². The van der Waals surface area contributed by atoms with Gasteiger partial charge in [0, 0.05) is 6.54 Å². The van der Waals surface area contributed by atoms with Crippen molar-refractivity contribution in [1.29, 1.82) is 0 Å². The Labute approximate surface area is 129 Å². The average molecular weight is 304 g/mol. The van der Waals surface area contributed by atoms with Crippen LogP contribution in [0.5, 0.6) is 5.75 Å². The van der Waals surface area contributed by atoms with Crippen molar-refractivity contribution in [2.45, 2.75) is 19.3 Å². The molecule has 6 heteroatoms. The zero-order valence-electron chi connectivity index (χ0n) is 12.4. The Morgan fingerprint density at radius 2 is 2.14 bits per heavy atom. The van der Waals surface area contributed by atoms with E-state index in [9.17, 15) is 9.59 Å². The standard InChI is InChI=1S/C16H20N2O4/c19-15-10-22-14-2-1-11(9-13(14)17-15)3-6-18-7-4-12(5-8-18)16(20)21/h1-2,9,12H,3-8,10H2,(H,17,19)(H,20,21). The van der Waals surface area contributed by atoms with Crippen LogP contribution in [0.1, 0.15) is 18.4 Å². The third kappa shape index (κ3) is 3.39. The lowest BCUT2D eigenvalue weighted by molar-refractivity contribution is -0.143. The molecule has 2 heterocycles. The van der Waals surface area contributed by atoms with E-state index >= 15 is 0 Å². The molecule has 3 rings (SSSR count). The Bertz CT molecular complexity index is 580. The summed E-state index contributed by atoms with van der Waals surface area (Å²) in [6.45, 7) is 2.65. The third-order valence-corrected chi connectivity index (χ3v) is 4.33. The molecule has 1 fully saturated rings. The summed E-state index contributed by atoms with van der Waals surface area (Å²) in [5.41, 5.74) is 1.88. The summed E-state index contributed by atoms with van der Waals surface area (Å²) in [6.07, 6.45) is 2.33. The largest absolute Gasteiger partial charge is 0.482 e. The molecule has 2 N–H and O–H groups in total. The number of benzene rings is 1. The van der Waals surface area contributed by atoms with Crippen LogP contribution in [0.15, 0.2) is 18.2 Å². The number of carboxylic acids is 1. The zero-order valence-corrected chi connectivity index (χ0v) is 12.4. The van der Waals surface area contributed by atoms with Crippen LogP contribution in [0.4, 0.5) is 5.69 Å². The molecule has 0 aromatic heterocycles. The van der Waals surface area contributed by atoms with E-state index in [-0.39, 0.29) is 18.4 Å². The quantitative estimate of drug-likeness (QED) is 0.878. The maximum absolute atomic E-state index is 11.3. The van der Waals surface area contributed by atoms with Crippen LogP contribution in [0, 0.1) is 5.92 Å². The van der Waals surface area contributed by atoms with E-state index in [1.807, 2.05) is 18.2 Å². The number of carboxylic acid groups (broad SMARTS) is 1. The van der Waals surface area contributed by atoms with E-state index in [2.05, 4.69) is 10.2 Å². The monoisotopic (exact) mass is 304 g/mol. The number of hydrogen-bond donors (Lipinski definition) is 2. The minimum atomic E-state index is -0.676. The van der Waals surface area contributed by atoms with Gasteiger partial charge in [0.2, 0.25) is 0 Å².